The lowest BCUT2D eigenvalue weighted by molar-refractivity contribution is -0.144. The monoisotopic (exact) mass is 423 g/mol. The molecule has 8 nitrogen and oxygen atoms in total. The van der Waals surface area contributed by atoms with E-state index in [2.05, 4.69) is 4.98 Å². The van der Waals surface area contributed by atoms with Crippen molar-refractivity contribution in [3.63, 3.8) is 0 Å². The molecule has 0 spiro atoms. The summed E-state index contributed by atoms with van der Waals surface area (Å²) in [5, 5.41) is 10.3. The van der Waals surface area contributed by atoms with Crippen molar-refractivity contribution >= 4 is 16.9 Å². The molecular formula is C23H25N3O5. The Balaban J connectivity index is 1.49. The third-order valence-corrected chi connectivity index (χ3v) is 6.09. The van der Waals surface area contributed by atoms with Gasteiger partial charge in [0.25, 0.3) is 5.56 Å². The van der Waals surface area contributed by atoms with Gasteiger partial charge in [-0.1, -0.05) is 24.3 Å². The van der Waals surface area contributed by atoms with Crippen molar-refractivity contribution in [1.82, 2.24) is 14.5 Å². The van der Waals surface area contributed by atoms with E-state index in [-0.39, 0.29) is 18.0 Å². The highest BCUT2D eigenvalue weighted by Gasteiger charge is 2.35. The van der Waals surface area contributed by atoms with Gasteiger partial charge < -0.3 is 19.7 Å². The maximum absolute atomic E-state index is 12.7. The molecule has 8 heteroatoms. The zero-order chi connectivity index (χ0) is 22.0. The quantitative estimate of drug-likeness (QED) is 0.627. The molecule has 3 aromatic rings. The summed E-state index contributed by atoms with van der Waals surface area (Å²) in [6.45, 7) is 1.70. The van der Waals surface area contributed by atoms with Gasteiger partial charge in [-0.15, -0.1) is 0 Å². The summed E-state index contributed by atoms with van der Waals surface area (Å²) in [5.74, 6) is -0.759. The van der Waals surface area contributed by atoms with Crippen molar-refractivity contribution in [3.8, 4) is 5.75 Å². The molecule has 0 amide bonds. The Morgan fingerprint density at radius 1 is 1.13 bits per heavy atom. The van der Waals surface area contributed by atoms with Crippen LogP contribution in [0.4, 0.5) is 0 Å². The minimum Gasteiger partial charge on any atom is -0.497 e. The first-order valence-corrected chi connectivity index (χ1v) is 10.3. The highest BCUT2D eigenvalue weighted by atomic mass is 16.5. The molecule has 2 unspecified atom stereocenters. The Bertz CT molecular complexity index is 1200. The molecule has 1 saturated heterocycles. The molecule has 2 N–H and O–H groups in total. The SMILES string of the molecule is COc1ccc(C2CCN(CCn3c(=O)[nH]c4ccccc4c3=O)CC2C(=O)O)cc1. The van der Waals surface area contributed by atoms with Crippen molar-refractivity contribution in [1.29, 1.82) is 0 Å². The smallest absolute Gasteiger partial charge is 0.328 e. The second-order valence-corrected chi connectivity index (χ2v) is 7.85. The van der Waals surface area contributed by atoms with E-state index in [1.165, 1.54) is 4.57 Å². The third kappa shape index (κ3) is 4.25. The summed E-state index contributed by atoms with van der Waals surface area (Å²) >= 11 is 0. The number of hydrogen-bond donors (Lipinski definition) is 2. The van der Waals surface area contributed by atoms with Crippen molar-refractivity contribution in [2.24, 2.45) is 5.92 Å². The van der Waals surface area contributed by atoms with E-state index >= 15 is 0 Å². The lowest BCUT2D eigenvalue weighted by Crippen LogP contribution is -2.46. The fourth-order valence-electron chi connectivity index (χ4n) is 4.37. The predicted molar refractivity (Wildman–Crippen MR) is 117 cm³/mol. The van der Waals surface area contributed by atoms with Gasteiger partial charge in [0.05, 0.1) is 23.9 Å². The van der Waals surface area contributed by atoms with Crippen molar-refractivity contribution in [2.45, 2.75) is 18.9 Å². The minimum atomic E-state index is -0.841. The van der Waals surface area contributed by atoms with Crippen LogP contribution in [0.2, 0.25) is 0 Å². The molecule has 2 atom stereocenters. The number of fused-ring (bicyclic) bond motifs is 1. The Morgan fingerprint density at radius 2 is 1.87 bits per heavy atom. The number of carboxylic acid groups (broad SMARTS) is 1. The molecule has 1 fully saturated rings. The normalized spacial score (nSPS) is 19.4. The van der Waals surface area contributed by atoms with Gasteiger partial charge in [-0.25, -0.2) is 4.79 Å². The Hall–Kier alpha value is -3.39. The Kier molecular flexibility index (Phi) is 5.90. The van der Waals surface area contributed by atoms with Crippen LogP contribution in [0.5, 0.6) is 5.75 Å². The first kappa shape index (κ1) is 20.9. The first-order chi connectivity index (χ1) is 15.0. The van der Waals surface area contributed by atoms with Crippen LogP contribution < -0.4 is 16.0 Å². The van der Waals surface area contributed by atoms with E-state index in [4.69, 9.17) is 4.74 Å². The molecule has 31 heavy (non-hydrogen) atoms. The number of methoxy groups -OCH3 is 1. The zero-order valence-corrected chi connectivity index (χ0v) is 17.3. The van der Waals surface area contributed by atoms with Gasteiger partial charge in [0.1, 0.15) is 5.75 Å². The van der Waals surface area contributed by atoms with Gasteiger partial charge in [0.15, 0.2) is 0 Å². The highest BCUT2D eigenvalue weighted by molar-refractivity contribution is 5.76. The van der Waals surface area contributed by atoms with Gasteiger partial charge >= 0.3 is 11.7 Å². The number of benzene rings is 2. The molecular weight excluding hydrogens is 398 g/mol. The molecule has 4 rings (SSSR count). The number of rotatable bonds is 6. The van der Waals surface area contributed by atoms with Crippen LogP contribution in [0.3, 0.4) is 0 Å². The van der Waals surface area contributed by atoms with Crippen molar-refractivity contribution in [2.75, 3.05) is 26.7 Å². The van der Waals surface area contributed by atoms with E-state index < -0.39 is 17.6 Å². The number of H-pyrrole nitrogens is 1. The van der Waals surface area contributed by atoms with E-state index in [9.17, 15) is 19.5 Å². The van der Waals surface area contributed by atoms with E-state index in [1.807, 2.05) is 29.2 Å². The largest absolute Gasteiger partial charge is 0.497 e. The van der Waals surface area contributed by atoms with Gasteiger partial charge in [0, 0.05) is 19.6 Å². The number of ether oxygens (including phenoxy) is 1. The third-order valence-electron chi connectivity index (χ3n) is 6.09. The number of aliphatic carboxylic acids is 1. The fraction of sp³-hybridized carbons (Fsp3) is 0.348. The van der Waals surface area contributed by atoms with Crippen LogP contribution in [-0.2, 0) is 11.3 Å². The van der Waals surface area contributed by atoms with Crippen LogP contribution in [0, 0.1) is 5.92 Å². The van der Waals surface area contributed by atoms with Crippen LogP contribution in [0.15, 0.2) is 58.1 Å². The predicted octanol–water partition coefficient (Wildman–Crippen LogP) is 1.89. The maximum atomic E-state index is 12.7. The number of nitrogens with one attached hydrogen (secondary N) is 1. The van der Waals surface area contributed by atoms with Crippen molar-refractivity contribution < 1.29 is 14.6 Å². The van der Waals surface area contributed by atoms with E-state index in [0.29, 0.717) is 37.0 Å². The molecule has 1 aliphatic heterocycles. The molecule has 1 aromatic heterocycles. The summed E-state index contributed by atoms with van der Waals surface area (Å²) in [4.78, 5) is 41.8. The molecule has 0 bridgehead atoms. The summed E-state index contributed by atoms with van der Waals surface area (Å²) in [7, 11) is 1.60. The Labute approximate surface area is 178 Å². The maximum Gasteiger partial charge on any atom is 0.328 e. The number of likely N-dealkylation sites (tertiary alicyclic amines) is 1. The average molecular weight is 423 g/mol. The number of carboxylic acids is 1. The summed E-state index contributed by atoms with van der Waals surface area (Å²) in [6, 6.07) is 14.4. The summed E-state index contributed by atoms with van der Waals surface area (Å²) in [6.07, 6.45) is 0.687. The lowest BCUT2D eigenvalue weighted by Gasteiger charge is -2.36. The van der Waals surface area contributed by atoms with Gasteiger partial charge in [-0.2, -0.15) is 0 Å². The minimum absolute atomic E-state index is 0.0912. The fourth-order valence-corrected chi connectivity index (χ4v) is 4.37. The number of aromatic nitrogens is 2. The number of carbonyl (C=O) groups is 1. The number of para-hydroxylation sites is 1. The van der Waals surface area contributed by atoms with Gasteiger partial charge in [-0.3, -0.25) is 14.2 Å². The zero-order valence-electron chi connectivity index (χ0n) is 17.3. The number of hydrogen-bond acceptors (Lipinski definition) is 5. The average Bonchev–Trinajstić information content (AvgIpc) is 2.79. The van der Waals surface area contributed by atoms with Crippen LogP contribution in [0.25, 0.3) is 10.9 Å². The van der Waals surface area contributed by atoms with E-state index in [0.717, 1.165) is 11.3 Å². The van der Waals surface area contributed by atoms with Crippen molar-refractivity contribution in [3.05, 3.63) is 74.9 Å². The second-order valence-electron chi connectivity index (χ2n) is 7.85. The molecule has 0 aliphatic carbocycles. The molecule has 162 valence electrons. The molecule has 0 radical (unpaired) electrons. The van der Waals surface area contributed by atoms with Crippen LogP contribution in [0.1, 0.15) is 17.9 Å². The van der Waals surface area contributed by atoms with Gasteiger partial charge in [0.2, 0.25) is 0 Å². The Morgan fingerprint density at radius 3 is 2.58 bits per heavy atom. The topological polar surface area (TPSA) is 105 Å². The molecule has 0 saturated carbocycles. The molecule has 2 aromatic carbocycles. The summed E-state index contributed by atoms with van der Waals surface area (Å²) < 4.78 is 6.38. The summed E-state index contributed by atoms with van der Waals surface area (Å²) in [5.41, 5.74) is 0.712. The van der Waals surface area contributed by atoms with E-state index in [1.54, 1.807) is 31.4 Å². The highest BCUT2D eigenvalue weighted by Crippen LogP contribution is 2.34. The van der Waals surface area contributed by atoms with Crippen LogP contribution in [-0.4, -0.2) is 52.3 Å². The second kappa shape index (κ2) is 8.77. The number of aromatic amines is 1. The standard InChI is InChI=1S/C23H25N3O5/c1-31-16-8-6-15(7-9-16)17-10-11-25(14-19(17)22(28)29)12-13-26-21(27)18-4-2-3-5-20(18)24-23(26)30/h2-9,17,19H,10-14H2,1H3,(H,24,30)(H,28,29). The van der Waals surface area contributed by atoms with Gasteiger partial charge in [-0.05, 0) is 48.7 Å². The number of nitrogens with zero attached hydrogens (tertiary/aromatic N) is 2. The first-order valence-electron chi connectivity index (χ1n) is 10.3. The molecule has 2 heterocycles. The van der Waals surface area contributed by atoms with Crippen LogP contribution >= 0.6 is 0 Å². The molecule has 1 aliphatic rings. The number of piperidine rings is 1. The lowest BCUT2D eigenvalue weighted by atomic mass is 9.80.